The molecule has 1 saturated heterocycles. The van der Waals surface area contributed by atoms with Gasteiger partial charge in [0, 0.05) is 42.7 Å². The van der Waals surface area contributed by atoms with Gasteiger partial charge >= 0.3 is 0 Å². The van der Waals surface area contributed by atoms with Crippen LogP contribution in [0.3, 0.4) is 0 Å². The van der Waals surface area contributed by atoms with E-state index in [4.69, 9.17) is 5.73 Å². The number of carbonyl (C=O) groups is 2. The highest BCUT2D eigenvalue weighted by Crippen LogP contribution is 2.32. The van der Waals surface area contributed by atoms with Gasteiger partial charge in [0.1, 0.15) is 11.4 Å². The summed E-state index contributed by atoms with van der Waals surface area (Å²) >= 11 is 1.48. The topological polar surface area (TPSA) is 126 Å². The molecule has 3 N–H and O–H groups in total. The predicted octanol–water partition coefficient (Wildman–Crippen LogP) is 2.27. The maximum atomic E-state index is 12.7. The summed E-state index contributed by atoms with van der Waals surface area (Å²) in [5, 5.41) is 6.54. The molecule has 2 aliphatic rings. The van der Waals surface area contributed by atoms with Crippen LogP contribution in [-0.2, 0) is 4.79 Å². The summed E-state index contributed by atoms with van der Waals surface area (Å²) in [7, 11) is 0. The van der Waals surface area contributed by atoms with Gasteiger partial charge in [0.25, 0.3) is 5.91 Å². The molecule has 1 aliphatic heterocycles. The van der Waals surface area contributed by atoms with Gasteiger partial charge in [-0.3, -0.25) is 14.6 Å². The highest BCUT2D eigenvalue weighted by molar-refractivity contribution is 7.09. The number of hydrazone groups is 1. The number of piperidine rings is 1. The Morgan fingerprint density at radius 1 is 1.10 bits per heavy atom. The molecule has 0 spiro atoms. The monoisotopic (exact) mass is 441 g/mol. The van der Waals surface area contributed by atoms with E-state index in [-0.39, 0.29) is 17.7 Å². The number of rotatable bonds is 5. The van der Waals surface area contributed by atoms with Gasteiger partial charge in [-0.25, -0.2) is 15.4 Å². The lowest BCUT2D eigenvalue weighted by atomic mass is 9.87. The van der Waals surface area contributed by atoms with Crippen LogP contribution in [0.1, 0.15) is 72.1 Å². The van der Waals surface area contributed by atoms with E-state index in [1.807, 2.05) is 4.90 Å². The van der Waals surface area contributed by atoms with Crippen LogP contribution in [-0.4, -0.2) is 50.6 Å². The third kappa shape index (κ3) is 5.25. The van der Waals surface area contributed by atoms with E-state index >= 15 is 0 Å². The number of thiazole rings is 1. The van der Waals surface area contributed by atoms with Gasteiger partial charge in [-0.05, 0) is 25.7 Å². The largest absolute Gasteiger partial charge is 0.380 e. The minimum atomic E-state index is -0.417. The molecule has 9 nitrogen and oxygen atoms in total. The molecular weight excluding hydrogens is 414 g/mol. The van der Waals surface area contributed by atoms with Gasteiger partial charge in [-0.15, -0.1) is 11.3 Å². The van der Waals surface area contributed by atoms with Crippen molar-refractivity contribution in [2.45, 2.75) is 50.9 Å². The zero-order valence-corrected chi connectivity index (χ0v) is 18.2. The zero-order chi connectivity index (χ0) is 21.6. The smallest absolute Gasteiger partial charge is 0.290 e. The standard InChI is InChI=1S/C21H27N7O2S/c22-18(16-12-23-8-9-24-16)26-27-19(29)17-13-31-20(25-17)14-6-10-28(11-7-14)21(30)15-4-2-1-3-5-15/h8-9,12-15H,1-7,10-11H2,(H2,22,26)(H,27,29). The lowest BCUT2D eigenvalue weighted by Crippen LogP contribution is -2.41. The Bertz CT molecular complexity index is 932. The van der Waals surface area contributed by atoms with E-state index in [1.165, 1.54) is 49.2 Å². The van der Waals surface area contributed by atoms with Gasteiger partial charge in [0.05, 0.1) is 11.2 Å². The molecule has 1 saturated carbocycles. The third-order valence-corrected chi connectivity index (χ3v) is 6.98. The van der Waals surface area contributed by atoms with E-state index in [2.05, 4.69) is 25.5 Å². The summed E-state index contributed by atoms with van der Waals surface area (Å²) in [6.07, 6.45) is 11.9. The molecule has 0 atom stereocenters. The summed E-state index contributed by atoms with van der Waals surface area (Å²) in [6, 6.07) is 0. The van der Waals surface area contributed by atoms with Crippen molar-refractivity contribution in [3.63, 3.8) is 0 Å². The van der Waals surface area contributed by atoms with Crippen LogP contribution in [0.15, 0.2) is 29.1 Å². The van der Waals surface area contributed by atoms with Crippen LogP contribution in [0.25, 0.3) is 0 Å². The molecule has 31 heavy (non-hydrogen) atoms. The number of nitrogens with one attached hydrogen (secondary N) is 1. The number of nitrogens with zero attached hydrogens (tertiary/aromatic N) is 5. The molecule has 2 fully saturated rings. The number of amidine groups is 1. The van der Waals surface area contributed by atoms with Crippen molar-refractivity contribution in [3.8, 4) is 0 Å². The van der Waals surface area contributed by atoms with Gasteiger partial charge in [0.2, 0.25) is 5.91 Å². The van der Waals surface area contributed by atoms with Crippen molar-refractivity contribution in [3.05, 3.63) is 40.4 Å². The summed E-state index contributed by atoms with van der Waals surface area (Å²) < 4.78 is 0. The molecule has 2 aromatic rings. The number of nitrogens with two attached hydrogens (primary N) is 1. The number of amides is 2. The molecule has 0 aromatic carbocycles. The number of carbonyl (C=O) groups excluding carboxylic acids is 2. The molecule has 0 bridgehead atoms. The highest BCUT2D eigenvalue weighted by Gasteiger charge is 2.30. The van der Waals surface area contributed by atoms with Crippen molar-refractivity contribution in [2.24, 2.45) is 16.8 Å². The zero-order valence-electron chi connectivity index (χ0n) is 17.4. The first kappa shape index (κ1) is 21.4. The lowest BCUT2D eigenvalue weighted by Gasteiger charge is -2.34. The second kappa shape index (κ2) is 9.95. The Balaban J connectivity index is 1.30. The Hall–Kier alpha value is -2.88. The van der Waals surface area contributed by atoms with Crippen molar-refractivity contribution in [1.29, 1.82) is 0 Å². The average molecular weight is 442 g/mol. The van der Waals surface area contributed by atoms with Crippen LogP contribution in [0.5, 0.6) is 0 Å². The quantitative estimate of drug-likeness (QED) is 0.416. The van der Waals surface area contributed by atoms with E-state index in [0.29, 0.717) is 17.3 Å². The lowest BCUT2D eigenvalue weighted by molar-refractivity contribution is -0.137. The molecule has 4 rings (SSSR count). The molecule has 1 aliphatic carbocycles. The number of likely N-dealkylation sites (tertiary alicyclic amines) is 1. The van der Waals surface area contributed by atoms with Crippen LogP contribution < -0.4 is 11.2 Å². The molecule has 0 radical (unpaired) electrons. The second-order valence-corrected chi connectivity index (χ2v) is 8.92. The van der Waals surface area contributed by atoms with Crippen LogP contribution in [0, 0.1) is 5.92 Å². The van der Waals surface area contributed by atoms with Gasteiger partial charge in [-0.1, -0.05) is 19.3 Å². The fourth-order valence-corrected chi connectivity index (χ4v) is 5.16. The minimum absolute atomic E-state index is 0.0758. The molecule has 0 unspecified atom stereocenters. The van der Waals surface area contributed by atoms with Crippen molar-refractivity contribution in [2.75, 3.05) is 13.1 Å². The molecule has 2 aromatic heterocycles. The number of hydrogen-bond acceptors (Lipinski definition) is 7. The molecule has 3 heterocycles. The first-order valence-electron chi connectivity index (χ1n) is 10.8. The van der Waals surface area contributed by atoms with E-state index in [9.17, 15) is 9.59 Å². The van der Waals surface area contributed by atoms with Crippen LogP contribution >= 0.6 is 11.3 Å². The third-order valence-electron chi connectivity index (χ3n) is 5.97. The molecule has 10 heteroatoms. The van der Waals surface area contributed by atoms with E-state index in [1.54, 1.807) is 5.38 Å². The fraction of sp³-hybridized carbons (Fsp3) is 0.524. The fourth-order valence-electron chi connectivity index (χ4n) is 4.19. The highest BCUT2D eigenvalue weighted by atomic mass is 32.1. The van der Waals surface area contributed by atoms with E-state index < -0.39 is 5.91 Å². The first-order chi connectivity index (χ1) is 15.1. The Morgan fingerprint density at radius 2 is 1.87 bits per heavy atom. The Labute approximate surface area is 185 Å². The van der Waals surface area contributed by atoms with Gasteiger partial charge in [0.15, 0.2) is 5.84 Å². The van der Waals surface area contributed by atoms with Gasteiger partial charge in [-0.2, -0.15) is 5.10 Å². The van der Waals surface area contributed by atoms with Crippen LogP contribution in [0.4, 0.5) is 0 Å². The second-order valence-electron chi connectivity index (χ2n) is 8.03. The Kier molecular flexibility index (Phi) is 6.86. The first-order valence-corrected chi connectivity index (χ1v) is 11.6. The maximum absolute atomic E-state index is 12.7. The summed E-state index contributed by atoms with van der Waals surface area (Å²) in [4.78, 5) is 39.6. The maximum Gasteiger partial charge on any atom is 0.290 e. The summed E-state index contributed by atoms with van der Waals surface area (Å²) in [6.45, 7) is 1.53. The molecule has 2 amide bonds. The van der Waals surface area contributed by atoms with E-state index in [0.717, 1.165) is 43.8 Å². The number of hydrogen-bond donors (Lipinski definition) is 2. The normalized spacial score (nSPS) is 18.7. The van der Waals surface area contributed by atoms with Crippen LogP contribution in [0.2, 0.25) is 0 Å². The minimum Gasteiger partial charge on any atom is -0.380 e. The molecule has 164 valence electrons. The summed E-state index contributed by atoms with van der Waals surface area (Å²) in [5.74, 6) is 0.479. The SMILES string of the molecule is NC(=NNC(=O)c1csc(C2CCN(C(=O)C3CCCCC3)CC2)n1)c1cnccn1. The van der Waals surface area contributed by atoms with Crippen molar-refractivity contribution < 1.29 is 9.59 Å². The average Bonchev–Trinajstić information content (AvgIpc) is 3.33. The van der Waals surface area contributed by atoms with Crippen molar-refractivity contribution >= 4 is 29.0 Å². The predicted molar refractivity (Wildman–Crippen MR) is 117 cm³/mol. The Morgan fingerprint density at radius 3 is 2.58 bits per heavy atom. The summed E-state index contributed by atoms with van der Waals surface area (Å²) in [5.41, 5.74) is 8.94. The van der Waals surface area contributed by atoms with Gasteiger partial charge < -0.3 is 10.6 Å². The van der Waals surface area contributed by atoms with Crippen molar-refractivity contribution in [1.82, 2.24) is 25.3 Å². The molecular formula is C21H27N7O2S. The number of aromatic nitrogens is 3.